The van der Waals surface area contributed by atoms with Crippen molar-refractivity contribution in [2.45, 2.75) is 75.6 Å². The number of carbonyl (C=O) groups excluding carboxylic acids is 1. The van der Waals surface area contributed by atoms with Crippen LogP contribution in [0.25, 0.3) is 0 Å². The molecule has 0 spiro atoms. The lowest BCUT2D eigenvalue weighted by Crippen LogP contribution is -2.50. The Balaban J connectivity index is 2.09. The van der Waals surface area contributed by atoms with Gasteiger partial charge in [-0.1, -0.05) is 49.6 Å². The molecule has 1 unspecified atom stereocenters. The molecule has 2 rings (SSSR count). The highest BCUT2D eigenvalue weighted by Gasteiger charge is 2.52. The van der Waals surface area contributed by atoms with E-state index in [2.05, 4.69) is 5.32 Å². The quantitative estimate of drug-likeness (QED) is 0.289. The SMILES string of the molecule is NCCCC[C@@H](OP(=O)(O)C1(NC(=O)CCc2ccccc2)CCCCC1)C(=O)O. The Morgan fingerprint density at radius 3 is 2.43 bits per heavy atom. The zero-order valence-corrected chi connectivity index (χ0v) is 18.2. The molecule has 30 heavy (non-hydrogen) atoms. The van der Waals surface area contributed by atoms with Crippen LogP contribution in [0.4, 0.5) is 0 Å². The number of aryl methyl sites for hydroxylation is 1. The zero-order valence-electron chi connectivity index (χ0n) is 17.3. The summed E-state index contributed by atoms with van der Waals surface area (Å²) < 4.78 is 18.6. The van der Waals surface area contributed by atoms with E-state index in [0.717, 1.165) is 12.0 Å². The first kappa shape index (κ1) is 24.5. The predicted octanol–water partition coefficient (Wildman–Crippen LogP) is 3.18. The third-order valence-corrected chi connectivity index (χ3v) is 7.72. The van der Waals surface area contributed by atoms with E-state index in [-0.39, 0.29) is 31.6 Å². The van der Waals surface area contributed by atoms with Crippen molar-refractivity contribution in [3.05, 3.63) is 35.9 Å². The van der Waals surface area contributed by atoms with Gasteiger partial charge in [0.25, 0.3) is 0 Å². The molecule has 0 aliphatic heterocycles. The highest BCUT2D eigenvalue weighted by atomic mass is 31.2. The van der Waals surface area contributed by atoms with E-state index in [1.165, 1.54) is 0 Å². The molecule has 8 nitrogen and oxygen atoms in total. The standard InChI is InChI=1S/C21H33N2O6P/c22-16-8-5-11-18(20(25)26)29-30(27,28)21(14-6-2-7-15-21)23-19(24)13-12-17-9-3-1-4-10-17/h1,3-4,9-10,18H,2,5-8,11-16,22H2,(H,23,24)(H,25,26)(H,27,28)/t18-/m1/s1. The van der Waals surface area contributed by atoms with Gasteiger partial charge in [-0.2, -0.15) is 0 Å². The number of hydrogen-bond donors (Lipinski definition) is 4. The first-order valence-electron chi connectivity index (χ1n) is 10.6. The van der Waals surface area contributed by atoms with Gasteiger partial charge in [0.05, 0.1) is 0 Å². The Labute approximate surface area is 177 Å². The van der Waals surface area contributed by atoms with Crippen LogP contribution in [0, 0.1) is 0 Å². The van der Waals surface area contributed by atoms with Crippen LogP contribution in [0.5, 0.6) is 0 Å². The summed E-state index contributed by atoms with van der Waals surface area (Å²) in [5.41, 5.74) is 6.44. The summed E-state index contributed by atoms with van der Waals surface area (Å²) in [5, 5.41) is 10.8. The molecule has 0 heterocycles. The lowest BCUT2D eigenvalue weighted by Gasteiger charge is -2.40. The number of benzene rings is 1. The fourth-order valence-electron chi connectivity index (χ4n) is 3.81. The number of carboxylic acid groups (broad SMARTS) is 1. The Morgan fingerprint density at radius 2 is 1.83 bits per heavy atom. The monoisotopic (exact) mass is 440 g/mol. The van der Waals surface area contributed by atoms with Gasteiger partial charge in [0.1, 0.15) is 5.28 Å². The number of amides is 1. The molecular formula is C21H33N2O6P. The lowest BCUT2D eigenvalue weighted by atomic mass is 9.94. The first-order valence-corrected chi connectivity index (χ1v) is 12.2. The Kier molecular flexibility index (Phi) is 9.49. The van der Waals surface area contributed by atoms with E-state index >= 15 is 0 Å². The van der Waals surface area contributed by atoms with Crippen LogP contribution in [0.1, 0.15) is 63.4 Å². The summed E-state index contributed by atoms with van der Waals surface area (Å²) in [6, 6.07) is 9.52. The number of carboxylic acids is 1. The average molecular weight is 440 g/mol. The van der Waals surface area contributed by atoms with Crippen molar-refractivity contribution in [2.75, 3.05) is 6.54 Å². The molecule has 168 valence electrons. The van der Waals surface area contributed by atoms with Crippen LogP contribution in [0.2, 0.25) is 0 Å². The van der Waals surface area contributed by atoms with Crippen molar-refractivity contribution >= 4 is 19.5 Å². The average Bonchev–Trinajstić information content (AvgIpc) is 2.73. The van der Waals surface area contributed by atoms with E-state index in [1.54, 1.807) is 0 Å². The van der Waals surface area contributed by atoms with E-state index < -0.39 is 24.9 Å². The second kappa shape index (κ2) is 11.6. The second-order valence-electron chi connectivity index (χ2n) is 7.86. The van der Waals surface area contributed by atoms with Gasteiger partial charge in [-0.25, -0.2) is 4.79 Å². The van der Waals surface area contributed by atoms with Gasteiger partial charge in [-0.05, 0) is 50.6 Å². The van der Waals surface area contributed by atoms with Crippen molar-refractivity contribution in [3.8, 4) is 0 Å². The first-order chi connectivity index (χ1) is 14.3. The van der Waals surface area contributed by atoms with E-state index in [9.17, 15) is 24.2 Å². The lowest BCUT2D eigenvalue weighted by molar-refractivity contribution is -0.146. The molecular weight excluding hydrogens is 407 g/mol. The second-order valence-corrected chi connectivity index (χ2v) is 9.97. The third kappa shape index (κ3) is 6.91. The van der Waals surface area contributed by atoms with Crippen LogP contribution >= 0.6 is 7.60 Å². The minimum absolute atomic E-state index is 0.0924. The molecule has 1 amide bonds. The molecule has 9 heteroatoms. The molecule has 0 radical (unpaired) electrons. The van der Waals surface area contributed by atoms with Crippen molar-refractivity contribution in [1.29, 1.82) is 0 Å². The third-order valence-electron chi connectivity index (χ3n) is 5.54. The van der Waals surface area contributed by atoms with Crippen LogP contribution in [0.15, 0.2) is 30.3 Å². The molecule has 1 saturated carbocycles. The molecule has 0 saturated heterocycles. The molecule has 1 aromatic rings. The van der Waals surface area contributed by atoms with E-state index in [4.69, 9.17) is 10.3 Å². The molecule has 1 aliphatic carbocycles. The van der Waals surface area contributed by atoms with Gasteiger partial charge in [0.15, 0.2) is 6.10 Å². The smallest absolute Gasteiger partial charge is 0.354 e. The normalized spacial score (nSPS) is 18.9. The minimum Gasteiger partial charge on any atom is -0.479 e. The summed E-state index contributed by atoms with van der Waals surface area (Å²) >= 11 is 0. The van der Waals surface area contributed by atoms with E-state index in [1.807, 2.05) is 30.3 Å². The Bertz CT molecular complexity index is 736. The van der Waals surface area contributed by atoms with Gasteiger partial charge in [-0.3, -0.25) is 13.9 Å². The number of carbonyl (C=O) groups is 2. The topological polar surface area (TPSA) is 139 Å². The molecule has 1 fully saturated rings. The fraction of sp³-hybridized carbons (Fsp3) is 0.619. The number of hydrogen-bond acceptors (Lipinski definition) is 5. The van der Waals surface area contributed by atoms with E-state index in [0.29, 0.717) is 38.6 Å². The number of unbranched alkanes of at least 4 members (excludes halogenated alkanes) is 1. The highest BCUT2D eigenvalue weighted by molar-refractivity contribution is 7.54. The molecule has 1 aromatic carbocycles. The Morgan fingerprint density at radius 1 is 1.17 bits per heavy atom. The van der Waals surface area contributed by atoms with Gasteiger partial charge in [0, 0.05) is 6.42 Å². The van der Waals surface area contributed by atoms with Gasteiger partial charge < -0.3 is 21.1 Å². The number of aliphatic carboxylic acids is 1. The maximum atomic E-state index is 13.3. The summed E-state index contributed by atoms with van der Waals surface area (Å²) in [7, 11) is -4.45. The fourth-order valence-corrected chi connectivity index (χ4v) is 5.70. The van der Waals surface area contributed by atoms with Crippen LogP contribution in [0.3, 0.4) is 0 Å². The van der Waals surface area contributed by atoms with Crippen molar-refractivity contribution in [1.82, 2.24) is 5.32 Å². The van der Waals surface area contributed by atoms with Crippen molar-refractivity contribution in [3.63, 3.8) is 0 Å². The minimum atomic E-state index is -4.45. The molecule has 0 aromatic heterocycles. The van der Waals surface area contributed by atoms with Crippen molar-refractivity contribution < 1.29 is 28.7 Å². The number of rotatable bonds is 12. The maximum absolute atomic E-state index is 13.3. The van der Waals surface area contributed by atoms with Gasteiger partial charge in [0.2, 0.25) is 5.91 Å². The number of nitrogens with two attached hydrogens (primary N) is 1. The summed E-state index contributed by atoms with van der Waals surface area (Å²) in [5.74, 6) is -1.63. The van der Waals surface area contributed by atoms with Crippen LogP contribution < -0.4 is 11.1 Å². The van der Waals surface area contributed by atoms with Gasteiger partial charge in [-0.15, -0.1) is 0 Å². The summed E-state index contributed by atoms with van der Waals surface area (Å²) in [6.07, 6.45) is 3.23. The highest BCUT2D eigenvalue weighted by Crippen LogP contribution is 2.60. The molecule has 0 bridgehead atoms. The zero-order chi connectivity index (χ0) is 22.0. The number of nitrogens with one attached hydrogen (secondary N) is 1. The van der Waals surface area contributed by atoms with Crippen molar-refractivity contribution in [2.24, 2.45) is 5.73 Å². The van der Waals surface area contributed by atoms with Crippen LogP contribution in [-0.2, 0) is 25.1 Å². The van der Waals surface area contributed by atoms with Crippen LogP contribution in [-0.4, -0.2) is 39.8 Å². The summed E-state index contributed by atoms with van der Waals surface area (Å²) in [4.78, 5) is 35.0. The largest absolute Gasteiger partial charge is 0.479 e. The summed E-state index contributed by atoms with van der Waals surface area (Å²) in [6.45, 7) is 0.407. The molecule has 1 aliphatic rings. The molecule has 5 N–H and O–H groups in total. The predicted molar refractivity (Wildman–Crippen MR) is 114 cm³/mol. The van der Waals surface area contributed by atoms with Gasteiger partial charge >= 0.3 is 13.6 Å². The molecule has 2 atom stereocenters. The maximum Gasteiger partial charge on any atom is 0.354 e. The Hall–Kier alpha value is -1.73.